The number of carbonyl (C=O) groups is 1. The first-order valence-electron chi connectivity index (χ1n) is 6.67. The quantitative estimate of drug-likeness (QED) is 0.869. The molecule has 1 atom stereocenters. The summed E-state index contributed by atoms with van der Waals surface area (Å²) in [6.07, 6.45) is 2.31. The van der Waals surface area contributed by atoms with Crippen LogP contribution in [0.2, 0.25) is 0 Å². The molecule has 1 saturated carbocycles. The molecule has 2 amide bonds. The molecule has 1 fully saturated rings. The molecule has 4 heteroatoms. The van der Waals surface area contributed by atoms with Crippen LogP contribution < -0.4 is 5.32 Å². The Bertz CT molecular complexity index is 385. The van der Waals surface area contributed by atoms with E-state index < -0.39 is 0 Å². The van der Waals surface area contributed by atoms with E-state index in [2.05, 4.69) is 37.5 Å². The summed E-state index contributed by atoms with van der Waals surface area (Å²) in [5, 5.41) is 7.15. The van der Waals surface area contributed by atoms with E-state index in [1.807, 2.05) is 10.3 Å². The molecule has 0 saturated heterocycles. The maximum atomic E-state index is 12.3. The zero-order chi connectivity index (χ0) is 13.1. The van der Waals surface area contributed by atoms with Gasteiger partial charge in [-0.15, -0.1) is 0 Å². The molecule has 0 radical (unpaired) electrons. The summed E-state index contributed by atoms with van der Waals surface area (Å²) < 4.78 is 0. The Morgan fingerprint density at radius 1 is 1.50 bits per heavy atom. The predicted octanol–water partition coefficient (Wildman–Crippen LogP) is 3.47. The second kappa shape index (κ2) is 5.74. The molecule has 0 spiro atoms. The van der Waals surface area contributed by atoms with Crippen molar-refractivity contribution in [2.75, 3.05) is 0 Å². The number of carbonyl (C=O) groups excluding carboxylic acids is 1. The summed E-state index contributed by atoms with van der Waals surface area (Å²) in [6, 6.07) is 2.91. The maximum absolute atomic E-state index is 12.3. The molecular formula is C14H22N2OS. The molecule has 1 aliphatic rings. The van der Waals surface area contributed by atoms with E-state index in [9.17, 15) is 4.79 Å². The van der Waals surface area contributed by atoms with Crippen LogP contribution in [0.1, 0.15) is 39.2 Å². The van der Waals surface area contributed by atoms with Gasteiger partial charge in [-0.1, -0.05) is 13.8 Å². The first-order valence-corrected chi connectivity index (χ1v) is 7.61. The molecule has 0 aromatic carbocycles. The molecule has 1 aromatic heterocycles. The lowest BCUT2D eigenvalue weighted by Crippen LogP contribution is -2.48. The lowest BCUT2D eigenvalue weighted by atomic mass is 10.0. The fraction of sp³-hybridized carbons (Fsp3) is 0.643. The minimum atomic E-state index is 0.0879. The van der Waals surface area contributed by atoms with E-state index >= 15 is 0 Å². The molecular weight excluding hydrogens is 244 g/mol. The number of hydrogen-bond acceptors (Lipinski definition) is 2. The van der Waals surface area contributed by atoms with E-state index in [1.54, 1.807) is 11.3 Å². The minimum Gasteiger partial charge on any atom is -0.334 e. The van der Waals surface area contributed by atoms with Crippen LogP contribution >= 0.6 is 11.3 Å². The monoisotopic (exact) mass is 266 g/mol. The molecule has 2 rings (SSSR count). The van der Waals surface area contributed by atoms with Crippen LogP contribution in [-0.2, 0) is 6.54 Å². The Balaban J connectivity index is 1.91. The summed E-state index contributed by atoms with van der Waals surface area (Å²) in [4.78, 5) is 14.3. The number of hydrogen-bond donors (Lipinski definition) is 1. The lowest BCUT2D eigenvalue weighted by molar-refractivity contribution is 0.156. The van der Waals surface area contributed by atoms with Crippen molar-refractivity contribution >= 4 is 17.4 Å². The van der Waals surface area contributed by atoms with Gasteiger partial charge in [-0.3, -0.25) is 0 Å². The maximum Gasteiger partial charge on any atom is 0.318 e. The third kappa shape index (κ3) is 3.25. The SMILES string of the molecule is CC(C)[C@H](C)N(C(=O)NCc1ccsc1)C1CC1. The number of amides is 2. The van der Waals surface area contributed by atoms with Gasteiger partial charge >= 0.3 is 6.03 Å². The van der Waals surface area contributed by atoms with Crippen LogP contribution in [0.4, 0.5) is 4.79 Å². The van der Waals surface area contributed by atoms with Crippen LogP contribution in [0.25, 0.3) is 0 Å². The highest BCUT2D eigenvalue weighted by molar-refractivity contribution is 7.07. The van der Waals surface area contributed by atoms with E-state index in [-0.39, 0.29) is 6.03 Å². The van der Waals surface area contributed by atoms with Gasteiger partial charge in [0.15, 0.2) is 0 Å². The van der Waals surface area contributed by atoms with Gasteiger partial charge in [0.05, 0.1) is 0 Å². The number of nitrogens with zero attached hydrogens (tertiary/aromatic N) is 1. The highest BCUT2D eigenvalue weighted by atomic mass is 32.1. The Morgan fingerprint density at radius 3 is 2.72 bits per heavy atom. The van der Waals surface area contributed by atoms with Crippen molar-refractivity contribution in [1.29, 1.82) is 0 Å². The molecule has 1 aromatic rings. The van der Waals surface area contributed by atoms with Crippen molar-refractivity contribution in [2.24, 2.45) is 5.92 Å². The number of nitrogens with one attached hydrogen (secondary N) is 1. The van der Waals surface area contributed by atoms with Gasteiger partial charge in [-0.25, -0.2) is 4.79 Å². The standard InChI is InChI=1S/C14H22N2OS/c1-10(2)11(3)16(13-4-5-13)14(17)15-8-12-6-7-18-9-12/h6-7,9-11,13H,4-5,8H2,1-3H3,(H,15,17)/t11-/m0/s1. The van der Waals surface area contributed by atoms with Gasteiger partial charge in [0.1, 0.15) is 0 Å². The molecule has 3 nitrogen and oxygen atoms in total. The zero-order valence-electron chi connectivity index (χ0n) is 11.3. The lowest BCUT2D eigenvalue weighted by Gasteiger charge is -2.32. The highest BCUT2D eigenvalue weighted by Gasteiger charge is 2.36. The van der Waals surface area contributed by atoms with Crippen molar-refractivity contribution in [3.8, 4) is 0 Å². The summed E-state index contributed by atoms with van der Waals surface area (Å²) in [7, 11) is 0. The van der Waals surface area contributed by atoms with Crippen LogP contribution in [-0.4, -0.2) is 23.0 Å². The van der Waals surface area contributed by atoms with Gasteiger partial charge in [-0.2, -0.15) is 11.3 Å². The molecule has 0 aliphatic heterocycles. The molecule has 1 N–H and O–H groups in total. The minimum absolute atomic E-state index is 0.0879. The van der Waals surface area contributed by atoms with Gasteiger partial charge in [-0.05, 0) is 48.1 Å². The van der Waals surface area contributed by atoms with Crippen LogP contribution in [0, 0.1) is 5.92 Å². The molecule has 1 heterocycles. The van der Waals surface area contributed by atoms with Gasteiger partial charge in [0.2, 0.25) is 0 Å². The highest BCUT2D eigenvalue weighted by Crippen LogP contribution is 2.30. The molecule has 100 valence electrons. The van der Waals surface area contributed by atoms with Crippen molar-refractivity contribution < 1.29 is 4.79 Å². The number of thiophene rings is 1. The van der Waals surface area contributed by atoms with Crippen molar-refractivity contribution in [2.45, 2.75) is 52.2 Å². The number of urea groups is 1. The predicted molar refractivity (Wildman–Crippen MR) is 75.7 cm³/mol. The van der Waals surface area contributed by atoms with Crippen LogP contribution in [0.3, 0.4) is 0 Å². The third-order valence-electron chi connectivity index (χ3n) is 3.60. The first-order chi connectivity index (χ1) is 8.59. The zero-order valence-corrected chi connectivity index (χ0v) is 12.2. The topological polar surface area (TPSA) is 32.3 Å². The fourth-order valence-corrected chi connectivity index (χ4v) is 2.69. The van der Waals surface area contributed by atoms with Crippen molar-refractivity contribution in [3.05, 3.63) is 22.4 Å². The number of rotatable bonds is 5. The Labute approximate surface area is 113 Å². The van der Waals surface area contributed by atoms with Gasteiger partial charge < -0.3 is 10.2 Å². The third-order valence-corrected chi connectivity index (χ3v) is 4.33. The Kier molecular flexibility index (Phi) is 4.27. The summed E-state index contributed by atoms with van der Waals surface area (Å²) >= 11 is 1.66. The molecule has 18 heavy (non-hydrogen) atoms. The molecule has 0 unspecified atom stereocenters. The summed E-state index contributed by atoms with van der Waals surface area (Å²) in [6.45, 7) is 7.13. The largest absolute Gasteiger partial charge is 0.334 e. The fourth-order valence-electron chi connectivity index (χ4n) is 2.02. The van der Waals surface area contributed by atoms with Gasteiger partial charge in [0.25, 0.3) is 0 Å². The molecule has 0 bridgehead atoms. The first kappa shape index (κ1) is 13.4. The van der Waals surface area contributed by atoms with E-state index in [4.69, 9.17) is 0 Å². The molecule has 1 aliphatic carbocycles. The second-order valence-corrected chi connectivity index (χ2v) is 6.19. The second-order valence-electron chi connectivity index (χ2n) is 5.41. The van der Waals surface area contributed by atoms with Crippen LogP contribution in [0.5, 0.6) is 0 Å². The van der Waals surface area contributed by atoms with Gasteiger partial charge in [0, 0.05) is 18.6 Å². The Hall–Kier alpha value is -1.03. The summed E-state index contributed by atoms with van der Waals surface area (Å²) in [5.41, 5.74) is 1.18. The van der Waals surface area contributed by atoms with Crippen LogP contribution in [0.15, 0.2) is 16.8 Å². The average molecular weight is 266 g/mol. The average Bonchev–Trinajstić information content (AvgIpc) is 3.02. The smallest absolute Gasteiger partial charge is 0.318 e. The summed E-state index contributed by atoms with van der Waals surface area (Å²) in [5.74, 6) is 0.498. The normalized spacial score (nSPS) is 16.7. The van der Waals surface area contributed by atoms with E-state index in [0.29, 0.717) is 24.5 Å². The van der Waals surface area contributed by atoms with E-state index in [0.717, 1.165) is 12.8 Å². The van der Waals surface area contributed by atoms with Crippen molar-refractivity contribution in [3.63, 3.8) is 0 Å². The van der Waals surface area contributed by atoms with E-state index in [1.165, 1.54) is 5.56 Å². The Morgan fingerprint density at radius 2 is 2.22 bits per heavy atom. The van der Waals surface area contributed by atoms with Crippen molar-refractivity contribution in [1.82, 2.24) is 10.2 Å².